The van der Waals surface area contributed by atoms with Gasteiger partial charge in [0.25, 0.3) is 5.91 Å². The molecule has 0 fully saturated rings. The van der Waals surface area contributed by atoms with E-state index in [-0.39, 0.29) is 16.8 Å². The lowest BCUT2D eigenvalue weighted by Crippen LogP contribution is -2.16. The second-order valence-electron chi connectivity index (χ2n) is 7.28. The Morgan fingerprint density at radius 3 is 2.50 bits per heavy atom. The fourth-order valence-electron chi connectivity index (χ4n) is 3.09. The van der Waals surface area contributed by atoms with Gasteiger partial charge in [-0.05, 0) is 71.0 Å². The summed E-state index contributed by atoms with van der Waals surface area (Å²) in [4.78, 5) is 24.0. The number of carbonyl (C=O) groups excluding carboxylic acids is 1. The van der Waals surface area contributed by atoms with E-state index in [2.05, 4.69) is 27.9 Å². The number of para-hydroxylation sites is 1. The lowest BCUT2D eigenvalue weighted by Gasteiger charge is -2.14. The number of nitrogens with one attached hydrogen (secondary N) is 1. The average molecular weight is 568 g/mol. The van der Waals surface area contributed by atoms with Crippen LogP contribution in [0.15, 0.2) is 66.2 Å². The molecule has 2 N–H and O–H groups in total. The highest BCUT2D eigenvalue weighted by atomic mass is 127. The molecule has 3 aromatic carbocycles. The first-order valence-corrected chi connectivity index (χ1v) is 11.2. The highest BCUT2D eigenvalue weighted by Crippen LogP contribution is 2.35. The van der Waals surface area contributed by atoms with Crippen LogP contribution in [0.5, 0.6) is 11.5 Å². The Morgan fingerprint density at radius 2 is 1.85 bits per heavy atom. The van der Waals surface area contributed by atoms with E-state index in [0.29, 0.717) is 23.7 Å². The van der Waals surface area contributed by atoms with Crippen molar-refractivity contribution in [3.05, 3.63) is 92.1 Å². The standard InChI is InChI=1S/C26H21IN2O5/c1-16-7-9-17(10-8-16)15-34-24-21(27)12-18(13-23(24)33-2)11-19(14-28)25(30)29-22-6-4-3-5-20(22)26(31)32/h3-13H,15H2,1-2H3,(H,29,30)(H,31,32)/b19-11+. The van der Waals surface area contributed by atoms with Crippen LogP contribution in [0.25, 0.3) is 6.08 Å². The van der Waals surface area contributed by atoms with E-state index < -0.39 is 11.9 Å². The third kappa shape index (κ3) is 6.14. The van der Waals surface area contributed by atoms with Crippen molar-refractivity contribution >= 4 is 46.2 Å². The molecule has 0 bridgehead atoms. The molecule has 0 unspecified atom stereocenters. The predicted molar refractivity (Wildman–Crippen MR) is 137 cm³/mol. The Bertz CT molecular complexity index is 1290. The maximum Gasteiger partial charge on any atom is 0.337 e. The van der Waals surface area contributed by atoms with Gasteiger partial charge in [0.2, 0.25) is 0 Å². The number of rotatable bonds is 8. The largest absolute Gasteiger partial charge is 0.493 e. The number of anilines is 1. The van der Waals surface area contributed by atoms with Crippen molar-refractivity contribution < 1.29 is 24.2 Å². The van der Waals surface area contributed by atoms with E-state index in [1.807, 2.05) is 37.3 Å². The summed E-state index contributed by atoms with van der Waals surface area (Å²) in [5, 5.41) is 21.3. The minimum Gasteiger partial charge on any atom is -0.493 e. The summed E-state index contributed by atoms with van der Waals surface area (Å²) >= 11 is 2.11. The fourth-order valence-corrected chi connectivity index (χ4v) is 3.87. The number of hydrogen-bond donors (Lipinski definition) is 2. The summed E-state index contributed by atoms with van der Waals surface area (Å²) in [5.74, 6) is -0.887. The number of carboxylic acids is 1. The normalized spacial score (nSPS) is 10.8. The first-order valence-electron chi connectivity index (χ1n) is 10.1. The van der Waals surface area contributed by atoms with Crippen molar-refractivity contribution in [2.45, 2.75) is 13.5 Å². The first kappa shape index (κ1) is 24.8. The molecule has 172 valence electrons. The van der Waals surface area contributed by atoms with E-state index in [4.69, 9.17) is 9.47 Å². The van der Waals surface area contributed by atoms with Crippen LogP contribution in [0.2, 0.25) is 0 Å². The summed E-state index contributed by atoms with van der Waals surface area (Å²) in [5.41, 5.74) is 2.58. The van der Waals surface area contributed by atoms with E-state index >= 15 is 0 Å². The van der Waals surface area contributed by atoms with Gasteiger partial charge in [-0.3, -0.25) is 4.79 Å². The van der Waals surface area contributed by atoms with E-state index in [1.165, 1.54) is 25.3 Å². The molecule has 0 aliphatic carbocycles. The van der Waals surface area contributed by atoms with Gasteiger partial charge in [0.05, 0.1) is 21.9 Å². The quantitative estimate of drug-likeness (QED) is 0.213. The molecule has 0 radical (unpaired) electrons. The zero-order valence-electron chi connectivity index (χ0n) is 18.5. The van der Waals surface area contributed by atoms with E-state index in [9.17, 15) is 20.0 Å². The van der Waals surface area contributed by atoms with Crippen LogP contribution in [0.1, 0.15) is 27.0 Å². The number of benzene rings is 3. The molecular weight excluding hydrogens is 547 g/mol. The number of carboxylic acid groups (broad SMARTS) is 1. The van der Waals surface area contributed by atoms with Gasteiger partial charge in [0.1, 0.15) is 18.2 Å². The van der Waals surface area contributed by atoms with Gasteiger partial charge in [-0.15, -0.1) is 0 Å². The summed E-state index contributed by atoms with van der Waals surface area (Å²) in [6.07, 6.45) is 1.41. The van der Waals surface area contributed by atoms with Crippen LogP contribution in [-0.4, -0.2) is 24.1 Å². The van der Waals surface area contributed by atoms with Gasteiger partial charge in [0.15, 0.2) is 11.5 Å². The molecule has 3 aromatic rings. The van der Waals surface area contributed by atoms with Crippen LogP contribution in [0.4, 0.5) is 5.69 Å². The van der Waals surface area contributed by atoms with Crippen molar-refractivity contribution in [1.82, 2.24) is 0 Å². The third-order valence-corrected chi connectivity index (χ3v) is 5.64. The topological polar surface area (TPSA) is 109 Å². The molecule has 8 heteroatoms. The van der Waals surface area contributed by atoms with Crippen LogP contribution in [0.3, 0.4) is 0 Å². The molecule has 0 atom stereocenters. The van der Waals surface area contributed by atoms with Gasteiger partial charge in [0, 0.05) is 0 Å². The highest BCUT2D eigenvalue weighted by molar-refractivity contribution is 14.1. The second kappa shape index (κ2) is 11.3. The Balaban J connectivity index is 1.84. The Labute approximate surface area is 210 Å². The number of amides is 1. The number of methoxy groups -OCH3 is 1. The zero-order valence-corrected chi connectivity index (χ0v) is 20.6. The van der Waals surface area contributed by atoms with E-state index in [0.717, 1.165) is 14.7 Å². The monoisotopic (exact) mass is 568 g/mol. The Kier molecular flexibility index (Phi) is 8.27. The van der Waals surface area contributed by atoms with Crippen molar-refractivity contribution in [2.24, 2.45) is 0 Å². The molecular formula is C26H21IN2O5. The molecule has 0 aliphatic heterocycles. The first-order chi connectivity index (χ1) is 16.3. The molecule has 0 heterocycles. The Morgan fingerprint density at radius 1 is 1.15 bits per heavy atom. The van der Waals surface area contributed by atoms with Crippen molar-refractivity contribution in [2.75, 3.05) is 12.4 Å². The molecule has 0 aromatic heterocycles. The smallest absolute Gasteiger partial charge is 0.337 e. The van der Waals surface area contributed by atoms with Crippen LogP contribution < -0.4 is 14.8 Å². The lowest BCUT2D eigenvalue weighted by molar-refractivity contribution is -0.112. The Hall–Kier alpha value is -3.84. The highest BCUT2D eigenvalue weighted by Gasteiger charge is 2.16. The summed E-state index contributed by atoms with van der Waals surface area (Å²) in [6, 6.07) is 19.3. The van der Waals surface area contributed by atoms with Crippen molar-refractivity contribution in [3.8, 4) is 17.6 Å². The second-order valence-corrected chi connectivity index (χ2v) is 8.45. The molecule has 7 nitrogen and oxygen atoms in total. The third-order valence-electron chi connectivity index (χ3n) is 4.84. The molecule has 0 aliphatic rings. The number of nitrogens with zero attached hydrogens (tertiary/aromatic N) is 1. The molecule has 1 amide bonds. The maximum absolute atomic E-state index is 12.7. The van der Waals surface area contributed by atoms with E-state index in [1.54, 1.807) is 24.3 Å². The number of hydrogen-bond acceptors (Lipinski definition) is 5. The molecule has 3 rings (SSSR count). The number of aryl methyl sites for hydroxylation is 1. The molecule has 0 saturated heterocycles. The number of ether oxygens (including phenoxy) is 2. The fraction of sp³-hybridized carbons (Fsp3) is 0.115. The van der Waals surface area contributed by atoms with Gasteiger partial charge in [-0.25, -0.2) is 4.79 Å². The summed E-state index contributed by atoms with van der Waals surface area (Å²) < 4.78 is 12.2. The van der Waals surface area contributed by atoms with Crippen LogP contribution in [-0.2, 0) is 11.4 Å². The number of halogens is 1. The van der Waals surface area contributed by atoms with Gasteiger partial charge in [-0.2, -0.15) is 5.26 Å². The predicted octanol–water partition coefficient (Wildman–Crippen LogP) is 5.43. The van der Waals surface area contributed by atoms with Crippen LogP contribution >= 0.6 is 22.6 Å². The number of nitriles is 1. The average Bonchev–Trinajstić information content (AvgIpc) is 2.82. The molecule has 0 spiro atoms. The van der Waals surface area contributed by atoms with Gasteiger partial charge >= 0.3 is 5.97 Å². The van der Waals surface area contributed by atoms with Crippen LogP contribution in [0, 0.1) is 21.8 Å². The maximum atomic E-state index is 12.7. The minimum atomic E-state index is -1.18. The van der Waals surface area contributed by atoms with Gasteiger partial charge < -0.3 is 19.9 Å². The molecule has 34 heavy (non-hydrogen) atoms. The number of aromatic carboxylic acids is 1. The zero-order chi connectivity index (χ0) is 24.7. The lowest BCUT2D eigenvalue weighted by atomic mass is 10.1. The summed E-state index contributed by atoms with van der Waals surface area (Å²) in [7, 11) is 1.51. The van der Waals surface area contributed by atoms with Gasteiger partial charge in [-0.1, -0.05) is 42.0 Å². The number of carbonyl (C=O) groups is 2. The van der Waals surface area contributed by atoms with Crippen molar-refractivity contribution in [1.29, 1.82) is 5.26 Å². The molecule has 0 saturated carbocycles. The summed E-state index contributed by atoms with van der Waals surface area (Å²) in [6.45, 7) is 2.38. The SMILES string of the molecule is COc1cc(/C=C(\C#N)C(=O)Nc2ccccc2C(=O)O)cc(I)c1OCc1ccc(C)cc1. The minimum absolute atomic E-state index is 0.0700. The van der Waals surface area contributed by atoms with Crippen molar-refractivity contribution in [3.63, 3.8) is 0 Å².